The number of aryl methyl sites for hydroxylation is 1. The third-order valence-electron chi connectivity index (χ3n) is 5.02. The summed E-state index contributed by atoms with van der Waals surface area (Å²) in [6, 6.07) is 7.57. The number of aromatic nitrogens is 3. The highest BCUT2D eigenvalue weighted by molar-refractivity contribution is 6.33. The lowest BCUT2D eigenvalue weighted by Crippen LogP contribution is -2.29. The SMILES string of the molecule is CCCC(CCC)n1c(=O)c(C)nc2c(-c3ccc(OC)cc3Cl)ccnc21. The number of methoxy groups -OCH3 is 1. The Hall–Kier alpha value is -2.40. The summed E-state index contributed by atoms with van der Waals surface area (Å²) in [7, 11) is 1.61. The van der Waals surface area contributed by atoms with Gasteiger partial charge in [0.2, 0.25) is 0 Å². The lowest BCUT2D eigenvalue weighted by atomic mass is 10.0. The molecule has 0 fully saturated rings. The third-order valence-corrected chi connectivity index (χ3v) is 5.33. The lowest BCUT2D eigenvalue weighted by molar-refractivity contribution is 0.415. The molecule has 5 nitrogen and oxygen atoms in total. The van der Waals surface area contributed by atoms with Gasteiger partial charge in [0, 0.05) is 23.4 Å². The first kappa shape index (κ1) is 20.3. The summed E-state index contributed by atoms with van der Waals surface area (Å²) < 4.78 is 7.09. The monoisotopic (exact) mass is 399 g/mol. The zero-order valence-corrected chi connectivity index (χ0v) is 17.6. The first-order chi connectivity index (χ1) is 13.5. The van der Waals surface area contributed by atoms with Gasteiger partial charge < -0.3 is 4.74 Å². The summed E-state index contributed by atoms with van der Waals surface area (Å²) in [4.78, 5) is 22.2. The first-order valence-electron chi connectivity index (χ1n) is 9.73. The van der Waals surface area contributed by atoms with Gasteiger partial charge >= 0.3 is 0 Å². The van der Waals surface area contributed by atoms with Gasteiger partial charge in [-0.25, -0.2) is 9.97 Å². The topological polar surface area (TPSA) is 57.0 Å². The zero-order chi connectivity index (χ0) is 20.3. The molecule has 0 radical (unpaired) electrons. The summed E-state index contributed by atoms with van der Waals surface area (Å²) >= 11 is 6.52. The first-order valence-corrected chi connectivity index (χ1v) is 10.1. The zero-order valence-electron chi connectivity index (χ0n) is 16.8. The van der Waals surface area contributed by atoms with Crippen molar-refractivity contribution in [1.29, 1.82) is 0 Å². The van der Waals surface area contributed by atoms with E-state index in [4.69, 9.17) is 16.3 Å². The number of nitrogens with zero attached hydrogens (tertiary/aromatic N) is 3. The summed E-state index contributed by atoms with van der Waals surface area (Å²) in [6.45, 7) is 6.04. The fraction of sp³-hybridized carbons (Fsp3) is 0.409. The number of ether oxygens (including phenoxy) is 1. The molecular weight excluding hydrogens is 374 g/mol. The molecule has 0 N–H and O–H groups in total. The highest BCUT2D eigenvalue weighted by Crippen LogP contribution is 2.35. The van der Waals surface area contributed by atoms with E-state index in [1.807, 2.05) is 22.8 Å². The van der Waals surface area contributed by atoms with Crippen LogP contribution in [-0.2, 0) is 0 Å². The fourth-order valence-electron chi connectivity index (χ4n) is 3.68. The number of pyridine rings is 1. The molecule has 2 heterocycles. The van der Waals surface area contributed by atoms with E-state index in [-0.39, 0.29) is 11.6 Å². The molecule has 2 aromatic heterocycles. The van der Waals surface area contributed by atoms with E-state index >= 15 is 0 Å². The molecule has 3 aromatic rings. The van der Waals surface area contributed by atoms with E-state index in [2.05, 4.69) is 23.8 Å². The van der Waals surface area contributed by atoms with Crippen LogP contribution in [0.4, 0.5) is 0 Å². The number of benzene rings is 1. The molecule has 0 aliphatic heterocycles. The van der Waals surface area contributed by atoms with Crippen molar-refractivity contribution in [2.75, 3.05) is 7.11 Å². The van der Waals surface area contributed by atoms with Crippen molar-refractivity contribution in [2.24, 2.45) is 0 Å². The predicted molar refractivity (Wildman–Crippen MR) is 114 cm³/mol. The number of rotatable bonds is 7. The summed E-state index contributed by atoms with van der Waals surface area (Å²) in [6.07, 6.45) is 5.59. The fourth-order valence-corrected chi connectivity index (χ4v) is 3.95. The Bertz CT molecular complexity index is 1040. The average molecular weight is 400 g/mol. The Morgan fingerprint density at radius 3 is 2.46 bits per heavy atom. The van der Waals surface area contributed by atoms with Crippen LogP contribution < -0.4 is 10.3 Å². The van der Waals surface area contributed by atoms with Crippen LogP contribution in [0.5, 0.6) is 5.75 Å². The van der Waals surface area contributed by atoms with Crippen molar-refractivity contribution >= 4 is 22.8 Å². The van der Waals surface area contributed by atoms with Crippen molar-refractivity contribution in [2.45, 2.75) is 52.5 Å². The molecule has 0 bridgehead atoms. The molecule has 0 aliphatic rings. The third kappa shape index (κ3) is 3.76. The second kappa shape index (κ2) is 8.74. The van der Waals surface area contributed by atoms with E-state index < -0.39 is 0 Å². The van der Waals surface area contributed by atoms with E-state index in [1.54, 1.807) is 26.3 Å². The Kier molecular flexibility index (Phi) is 6.35. The van der Waals surface area contributed by atoms with Gasteiger partial charge in [0.05, 0.1) is 12.1 Å². The van der Waals surface area contributed by atoms with Crippen LogP contribution in [0.1, 0.15) is 51.3 Å². The van der Waals surface area contributed by atoms with Gasteiger partial charge in [-0.1, -0.05) is 38.3 Å². The molecule has 0 amide bonds. The normalized spacial score (nSPS) is 11.4. The van der Waals surface area contributed by atoms with Crippen LogP contribution in [-0.4, -0.2) is 21.6 Å². The van der Waals surface area contributed by atoms with E-state index in [1.165, 1.54) is 0 Å². The van der Waals surface area contributed by atoms with Crippen molar-refractivity contribution in [3.63, 3.8) is 0 Å². The molecule has 0 saturated heterocycles. The highest BCUT2D eigenvalue weighted by atomic mass is 35.5. The van der Waals surface area contributed by atoms with Gasteiger partial charge in [-0.05, 0) is 44.0 Å². The number of hydrogen-bond donors (Lipinski definition) is 0. The molecular formula is C22H26ClN3O2. The van der Waals surface area contributed by atoms with Gasteiger partial charge in [-0.3, -0.25) is 9.36 Å². The summed E-state index contributed by atoms with van der Waals surface area (Å²) in [5.74, 6) is 0.694. The number of hydrogen-bond acceptors (Lipinski definition) is 4. The second-order valence-corrected chi connectivity index (χ2v) is 7.39. The maximum atomic E-state index is 13.0. The van der Waals surface area contributed by atoms with E-state index in [0.717, 1.165) is 36.8 Å². The standard InChI is InChI=1S/C22H26ClN3O2/c1-5-7-15(8-6-2)26-21-20(25-14(3)22(26)27)18(11-12-24-21)17-10-9-16(28-4)13-19(17)23/h9-13,15H,5-8H2,1-4H3. The molecule has 0 spiro atoms. The van der Waals surface area contributed by atoms with E-state index in [0.29, 0.717) is 27.6 Å². The van der Waals surface area contributed by atoms with Crippen LogP contribution in [0.15, 0.2) is 35.3 Å². The van der Waals surface area contributed by atoms with Gasteiger partial charge in [-0.15, -0.1) is 0 Å². The van der Waals surface area contributed by atoms with E-state index in [9.17, 15) is 4.79 Å². The molecule has 0 atom stereocenters. The molecule has 3 rings (SSSR count). The summed E-state index contributed by atoms with van der Waals surface area (Å²) in [5.41, 5.74) is 3.43. The van der Waals surface area contributed by atoms with Gasteiger partial charge in [0.1, 0.15) is 17.0 Å². The predicted octanol–water partition coefficient (Wildman–Crippen LogP) is 5.57. The number of fused-ring (bicyclic) bond motifs is 1. The summed E-state index contributed by atoms with van der Waals surface area (Å²) in [5, 5.41) is 0.572. The molecule has 0 aliphatic carbocycles. The maximum Gasteiger partial charge on any atom is 0.273 e. The lowest BCUT2D eigenvalue weighted by Gasteiger charge is -2.21. The van der Waals surface area contributed by atoms with Gasteiger partial charge in [0.25, 0.3) is 5.56 Å². The van der Waals surface area contributed by atoms with Gasteiger partial charge in [0.15, 0.2) is 5.65 Å². The molecule has 1 aromatic carbocycles. The smallest absolute Gasteiger partial charge is 0.273 e. The minimum Gasteiger partial charge on any atom is -0.497 e. The molecule has 148 valence electrons. The highest BCUT2D eigenvalue weighted by Gasteiger charge is 2.20. The molecule has 0 unspecified atom stereocenters. The molecule has 6 heteroatoms. The Labute approximate surface area is 170 Å². The van der Waals surface area contributed by atoms with Crippen LogP contribution in [0.2, 0.25) is 5.02 Å². The van der Waals surface area contributed by atoms with Gasteiger partial charge in [-0.2, -0.15) is 0 Å². The molecule has 28 heavy (non-hydrogen) atoms. The largest absolute Gasteiger partial charge is 0.497 e. The van der Waals surface area contributed by atoms with Crippen molar-refractivity contribution < 1.29 is 4.74 Å². The quantitative estimate of drug-likeness (QED) is 0.521. The maximum absolute atomic E-state index is 13.0. The Morgan fingerprint density at radius 2 is 1.86 bits per heavy atom. The van der Waals surface area contributed by atoms with Crippen LogP contribution in [0.3, 0.4) is 0 Å². The van der Waals surface area contributed by atoms with Crippen molar-refractivity contribution in [1.82, 2.24) is 14.5 Å². The van der Waals surface area contributed by atoms with Crippen molar-refractivity contribution in [3.05, 3.63) is 51.5 Å². The number of halogens is 1. The van der Waals surface area contributed by atoms with Crippen LogP contribution in [0.25, 0.3) is 22.3 Å². The minimum atomic E-state index is -0.0649. The van der Waals surface area contributed by atoms with Crippen LogP contribution in [0, 0.1) is 6.92 Å². The van der Waals surface area contributed by atoms with Crippen LogP contribution >= 0.6 is 11.6 Å². The molecule has 0 saturated carbocycles. The Morgan fingerprint density at radius 1 is 1.14 bits per heavy atom. The minimum absolute atomic E-state index is 0.0649. The average Bonchev–Trinajstić information content (AvgIpc) is 2.69. The second-order valence-electron chi connectivity index (χ2n) is 6.98. The van der Waals surface area contributed by atoms with Crippen molar-refractivity contribution in [3.8, 4) is 16.9 Å². The Balaban J connectivity index is 2.30.